The summed E-state index contributed by atoms with van der Waals surface area (Å²) >= 11 is 1.64. The number of hydrogen-bond acceptors (Lipinski definition) is 3. The third-order valence-corrected chi connectivity index (χ3v) is 3.66. The monoisotopic (exact) mass is 279 g/mol. The molecule has 1 N–H and O–H groups in total. The van der Waals surface area contributed by atoms with E-state index in [0.29, 0.717) is 6.61 Å². The van der Waals surface area contributed by atoms with Crippen LogP contribution in [0.15, 0.2) is 35.0 Å². The molecule has 2 nitrogen and oxygen atoms in total. The summed E-state index contributed by atoms with van der Waals surface area (Å²) in [5.41, 5.74) is 1.99. The van der Waals surface area contributed by atoms with Crippen LogP contribution in [-0.4, -0.2) is 6.54 Å². The molecule has 0 saturated carbocycles. The van der Waals surface area contributed by atoms with E-state index in [1.807, 2.05) is 25.3 Å². The van der Waals surface area contributed by atoms with Gasteiger partial charge in [0.2, 0.25) is 0 Å². The summed E-state index contributed by atoms with van der Waals surface area (Å²) in [5.74, 6) is 0.503. The van der Waals surface area contributed by atoms with Crippen molar-refractivity contribution in [3.8, 4) is 5.75 Å². The summed E-state index contributed by atoms with van der Waals surface area (Å²) in [4.78, 5) is 0. The van der Waals surface area contributed by atoms with Crippen molar-refractivity contribution in [3.63, 3.8) is 0 Å². The van der Waals surface area contributed by atoms with E-state index in [0.717, 1.165) is 23.4 Å². The maximum atomic E-state index is 13.4. The molecule has 0 aliphatic heterocycles. The molecule has 102 valence electrons. The summed E-state index contributed by atoms with van der Waals surface area (Å²) in [6.07, 6.45) is 0. The van der Waals surface area contributed by atoms with Crippen molar-refractivity contribution >= 4 is 11.3 Å². The van der Waals surface area contributed by atoms with Gasteiger partial charge < -0.3 is 10.1 Å². The minimum absolute atomic E-state index is 0.0678. The fourth-order valence-corrected chi connectivity index (χ4v) is 2.59. The van der Waals surface area contributed by atoms with E-state index >= 15 is 0 Å². The summed E-state index contributed by atoms with van der Waals surface area (Å²) in [6, 6.07) is 6.77. The Labute approximate surface area is 117 Å². The van der Waals surface area contributed by atoms with Crippen molar-refractivity contribution in [2.45, 2.75) is 26.5 Å². The summed E-state index contributed by atoms with van der Waals surface area (Å²) in [5, 5.41) is 7.35. The Morgan fingerprint density at radius 1 is 1.37 bits per heavy atom. The molecule has 0 aliphatic rings. The fraction of sp³-hybridized carbons (Fsp3) is 0.333. The molecule has 1 atom stereocenters. The van der Waals surface area contributed by atoms with Gasteiger partial charge in [0.1, 0.15) is 18.2 Å². The average Bonchev–Trinajstić information content (AvgIpc) is 2.90. The maximum absolute atomic E-state index is 13.4. The van der Waals surface area contributed by atoms with E-state index in [-0.39, 0.29) is 11.9 Å². The molecule has 4 heteroatoms. The van der Waals surface area contributed by atoms with Crippen LogP contribution in [0.5, 0.6) is 5.75 Å². The quantitative estimate of drug-likeness (QED) is 0.858. The van der Waals surface area contributed by atoms with Crippen molar-refractivity contribution in [2.24, 2.45) is 0 Å². The van der Waals surface area contributed by atoms with Crippen LogP contribution in [0.25, 0.3) is 0 Å². The van der Waals surface area contributed by atoms with Crippen LogP contribution in [-0.2, 0) is 6.61 Å². The first-order valence-electron chi connectivity index (χ1n) is 6.37. The Morgan fingerprint density at radius 3 is 2.89 bits per heavy atom. The Kier molecular flexibility index (Phi) is 4.93. The van der Waals surface area contributed by atoms with Crippen molar-refractivity contribution in [1.82, 2.24) is 5.32 Å². The molecule has 0 amide bonds. The first-order valence-corrected chi connectivity index (χ1v) is 7.31. The molecule has 1 aromatic carbocycles. The number of halogens is 1. The third-order valence-electron chi connectivity index (χ3n) is 2.92. The zero-order chi connectivity index (χ0) is 13.7. The van der Waals surface area contributed by atoms with Crippen molar-refractivity contribution in [1.29, 1.82) is 0 Å². The molecule has 1 heterocycles. The number of ether oxygens (including phenoxy) is 1. The molecule has 0 aliphatic carbocycles. The zero-order valence-electron chi connectivity index (χ0n) is 11.2. The number of nitrogens with one attached hydrogen (secondary N) is 1. The molecule has 0 fully saturated rings. The lowest BCUT2D eigenvalue weighted by molar-refractivity contribution is 0.299. The third kappa shape index (κ3) is 3.78. The Bertz CT molecular complexity index is 513. The minimum Gasteiger partial charge on any atom is -0.489 e. The maximum Gasteiger partial charge on any atom is 0.124 e. The van der Waals surface area contributed by atoms with Crippen LogP contribution in [0.3, 0.4) is 0 Å². The fourth-order valence-electron chi connectivity index (χ4n) is 1.94. The number of benzene rings is 1. The lowest BCUT2D eigenvalue weighted by Crippen LogP contribution is -2.18. The zero-order valence-corrected chi connectivity index (χ0v) is 12.0. The van der Waals surface area contributed by atoms with Crippen LogP contribution in [0.2, 0.25) is 0 Å². The van der Waals surface area contributed by atoms with Crippen LogP contribution < -0.4 is 10.1 Å². The van der Waals surface area contributed by atoms with Crippen molar-refractivity contribution < 1.29 is 9.13 Å². The van der Waals surface area contributed by atoms with Gasteiger partial charge in [0.15, 0.2) is 0 Å². The SMILES string of the molecule is CCNC(C)c1cc(F)ccc1OCc1ccsc1. The van der Waals surface area contributed by atoms with E-state index in [9.17, 15) is 4.39 Å². The van der Waals surface area contributed by atoms with Crippen molar-refractivity contribution in [3.05, 3.63) is 52.0 Å². The van der Waals surface area contributed by atoms with E-state index < -0.39 is 0 Å². The van der Waals surface area contributed by atoms with Gasteiger partial charge in [0, 0.05) is 11.6 Å². The highest BCUT2D eigenvalue weighted by atomic mass is 32.1. The lowest BCUT2D eigenvalue weighted by Gasteiger charge is -2.17. The standard InChI is InChI=1S/C15H18FNOS/c1-3-17-11(2)14-8-13(16)4-5-15(14)18-9-12-6-7-19-10-12/h4-8,10-11,17H,3,9H2,1-2H3. The van der Waals surface area contributed by atoms with Gasteiger partial charge in [-0.25, -0.2) is 4.39 Å². The lowest BCUT2D eigenvalue weighted by atomic mass is 10.1. The molecule has 2 aromatic rings. The number of thiophene rings is 1. The van der Waals surface area contributed by atoms with E-state index in [4.69, 9.17) is 4.74 Å². The van der Waals surface area contributed by atoms with E-state index in [1.165, 1.54) is 12.1 Å². The van der Waals surface area contributed by atoms with Gasteiger partial charge in [-0.3, -0.25) is 0 Å². The molecule has 0 radical (unpaired) electrons. The van der Waals surface area contributed by atoms with Gasteiger partial charge in [-0.1, -0.05) is 6.92 Å². The predicted octanol–water partition coefficient (Wildman–Crippen LogP) is 4.14. The molecule has 1 aromatic heterocycles. The Morgan fingerprint density at radius 2 is 2.21 bits per heavy atom. The van der Waals surface area contributed by atoms with Gasteiger partial charge in [-0.15, -0.1) is 0 Å². The molecule has 0 saturated heterocycles. The highest BCUT2D eigenvalue weighted by molar-refractivity contribution is 7.07. The number of rotatable bonds is 6. The van der Waals surface area contributed by atoms with Gasteiger partial charge in [-0.2, -0.15) is 11.3 Å². The first kappa shape index (κ1) is 14.0. The molecular formula is C15H18FNOS. The molecule has 0 spiro atoms. The normalized spacial score (nSPS) is 12.4. The van der Waals surface area contributed by atoms with E-state index in [1.54, 1.807) is 17.4 Å². The largest absolute Gasteiger partial charge is 0.489 e. The average molecular weight is 279 g/mol. The van der Waals surface area contributed by atoms with Gasteiger partial charge in [-0.05, 0) is 54.1 Å². The summed E-state index contributed by atoms with van der Waals surface area (Å²) in [6.45, 7) is 5.39. The van der Waals surface area contributed by atoms with Gasteiger partial charge >= 0.3 is 0 Å². The summed E-state index contributed by atoms with van der Waals surface area (Å²) in [7, 11) is 0. The van der Waals surface area contributed by atoms with E-state index in [2.05, 4.69) is 10.7 Å². The van der Waals surface area contributed by atoms with Crippen LogP contribution >= 0.6 is 11.3 Å². The van der Waals surface area contributed by atoms with Gasteiger partial charge in [0.25, 0.3) is 0 Å². The van der Waals surface area contributed by atoms with Gasteiger partial charge in [0.05, 0.1) is 0 Å². The second-order valence-corrected chi connectivity index (χ2v) is 5.16. The topological polar surface area (TPSA) is 21.3 Å². The molecule has 0 bridgehead atoms. The molecule has 19 heavy (non-hydrogen) atoms. The first-order chi connectivity index (χ1) is 9.20. The minimum atomic E-state index is -0.234. The number of hydrogen-bond donors (Lipinski definition) is 1. The summed E-state index contributed by atoms with van der Waals surface area (Å²) < 4.78 is 19.2. The smallest absolute Gasteiger partial charge is 0.124 e. The second-order valence-electron chi connectivity index (χ2n) is 4.38. The highest BCUT2D eigenvalue weighted by Gasteiger charge is 2.12. The molecular weight excluding hydrogens is 261 g/mol. The Balaban J connectivity index is 2.14. The second kappa shape index (κ2) is 6.68. The van der Waals surface area contributed by atoms with Crippen LogP contribution in [0.4, 0.5) is 4.39 Å². The Hall–Kier alpha value is -1.39. The molecule has 1 unspecified atom stereocenters. The van der Waals surface area contributed by atoms with Crippen molar-refractivity contribution in [2.75, 3.05) is 6.54 Å². The van der Waals surface area contributed by atoms with Crippen LogP contribution in [0.1, 0.15) is 31.0 Å². The highest BCUT2D eigenvalue weighted by Crippen LogP contribution is 2.27. The predicted molar refractivity (Wildman–Crippen MR) is 77.1 cm³/mol. The van der Waals surface area contributed by atoms with Crippen LogP contribution in [0, 0.1) is 5.82 Å². The molecule has 2 rings (SSSR count).